The van der Waals surface area contributed by atoms with Gasteiger partial charge >= 0.3 is 0 Å². The van der Waals surface area contributed by atoms with E-state index in [1.807, 2.05) is 19.2 Å². The number of rotatable bonds is 4. The van der Waals surface area contributed by atoms with Crippen molar-refractivity contribution in [3.63, 3.8) is 0 Å². The standard InChI is InChI=1S/C11H19N3/c1-4-14(5-2)10-6-7-11(9(3)12)13-8-10/h6-9H,4-5,12H2,1-3H3/t9-/m1/s1. The summed E-state index contributed by atoms with van der Waals surface area (Å²) in [6.07, 6.45) is 1.89. The molecule has 3 nitrogen and oxygen atoms in total. The summed E-state index contributed by atoms with van der Waals surface area (Å²) in [5, 5.41) is 0. The van der Waals surface area contributed by atoms with Gasteiger partial charge in [-0.1, -0.05) is 0 Å². The van der Waals surface area contributed by atoms with Crippen LogP contribution >= 0.6 is 0 Å². The summed E-state index contributed by atoms with van der Waals surface area (Å²) >= 11 is 0. The lowest BCUT2D eigenvalue weighted by Gasteiger charge is -2.20. The van der Waals surface area contributed by atoms with Gasteiger partial charge in [-0.3, -0.25) is 4.98 Å². The van der Waals surface area contributed by atoms with E-state index >= 15 is 0 Å². The van der Waals surface area contributed by atoms with E-state index in [-0.39, 0.29) is 6.04 Å². The zero-order valence-electron chi connectivity index (χ0n) is 9.20. The number of anilines is 1. The number of aromatic nitrogens is 1. The zero-order chi connectivity index (χ0) is 10.6. The fourth-order valence-electron chi connectivity index (χ4n) is 1.44. The predicted octanol–water partition coefficient (Wildman–Crippen LogP) is 1.95. The van der Waals surface area contributed by atoms with Crippen molar-refractivity contribution in [1.82, 2.24) is 4.98 Å². The monoisotopic (exact) mass is 193 g/mol. The molecule has 2 N–H and O–H groups in total. The van der Waals surface area contributed by atoms with Crippen LogP contribution in [0, 0.1) is 0 Å². The van der Waals surface area contributed by atoms with E-state index in [1.165, 1.54) is 5.69 Å². The highest BCUT2D eigenvalue weighted by atomic mass is 15.1. The third kappa shape index (κ3) is 2.45. The molecule has 0 unspecified atom stereocenters. The Labute approximate surface area is 85.9 Å². The lowest BCUT2D eigenvalue weighted by Crippen LogP contribution is -2.22. The van der Waals surface area contributed by atoms with Crippen molar-refractivity contribution in [1.29, 1.82) is 0 Å². The Hall–Kier alpha value is -1.09. The Bertz CT molecular complexity index is 262. The first-order valence-corrected chi connectivity index (χ1v) is 5.15. The smallest absolute Gasteiger partial charge is 0.0569 e. The summed E-state index contributed by atoms with van der Waals surface area (Å²) in [4.78, 5) is 6.59. The van der Waals surface area contributed by atoms with Crippen molar-refractivity contribution < 1.29 is 0 Å². The molecule has 0 bridgehead atoms. The molecule has 0 saturated heterocycles. The highest BCUT2D eigenvalue weighted by Gasteiger charge is 2.04. The van der Waals surface area contributed by atoms with Gasteiger partial charge in [-0.05, 0) is 32.9 Å². The summed E-state index contributed by atoms with van der Waals surface area (Å²) in [7, 11) is 0. The molecular weight excluding hydrogens is 174 g/mol. The van der Waals surface area contributed by atoms with E-state index < -0.39 is 0 Å². The first-order valence-electron chi connectivity index (χ1n) is 5.15. The molecule has 78 valence electrons. The molecule has 0 radical (unpaired) electrons. The molecule has 1 aromatic heterocycles. The summed E-state index contributed by atoms with van der Waals surface area (Å²) < 4.78 is 0. The molecule has 0 spiro atoms. The minimum absolute atomic E-state index is 0.0146. The fraction of sp³-hybridized carbons (Fsp3) is 0.545. The highest BCUT2D eigenvalue weighted by Crippen LogP contribution is 2.14. The van der Waals surface area contributed by atoms with Gasteiger partial charge in [-0.15, -0.1) is 0 Å². The summed E-state index contributed by atoms with van der Waals surface area (Å²) in [5.41, 5.74) is 7.84. The van der Waals surface area contributed by atoms with Gasteiger partial charge in [-0.2, -0.15) is 0 Å². The van der Waals surface area contributed by atoms with Crippen LogP contribution in [0.2, 0.25) is 0 Å². The number of nitrogens with two attached hydrogens (primary N) is 1. The molecule has 0 aliphatic rings. The molecule has 0 fully saturated rings. The number of hydrogen-bond acceptors (Lipinski definition) is 3. The van der Waals surface area contributed by atoms with Crippen LogP contribution in [0.25, 0.3) is 0 Å². The average Bonchev–Trinajstić information content (AvgIpc) is 2.20. The molecule has 0 amide bonds. The average molecular weight is 193 g/mol. The Morgan fingerprint density at radius 2 is 2.00 bits per heavy atom. The van der Waals surface area contributed by atoms with Crippen molar-refractivity contribution in [3.8, 4) is 0 Å². The van der Waals surface area contributed by atoms with Gasteiger partial charge in [0.2, 0.25) is 0 Å². The summed E-state index contributed by atoms with van der Waals surface area (Å²) in [5.74, 6) is 0. The summed E-state index contributed by atoms with van der Waals surface area (Å²) in [6, 6.07) is 4.09. The van der Waals surface area contributed by atoms with Gasteiger partial charge < -0.3 is 10.6 Å². The highest BCUT2D eigenvalue weighted by molar-refractivity contribution is 5.44. The first-order chi connectivity index (χ1) is 6.69. The molecular formula is C11H19N3. The molecule has 1 aromatic rings. The van der Waals surface area contributed by atoms with Gasteiger partial charge in [0.25, 0.3) is 0 Å². The van der Waals surface area contributed by atoms with E-state index in [0.717, 1.165) is 18.8 Å². The fourth-order valence-corrected chi connectivity index (χ4v) is 1.44. The van der Waals surface area contributed by atoms with Gasteiger partial charge in [-0.25, -0.2) is 0 Å². The normalized spacial score (nSPS) is 12.6. The minimum atomic E-state index is 0.0146. The predicted molar refractivity (Wildman–Crippen MR) is 60.4 cm³/mol. The van der Waals surface area contributed by atoms with E-state index in [9.17, 15) is 0 Å². The molecule has 1 heterocycles. The van der Waals surface area contributed by atoms with Gasteiger partial charge in [0.1, 0.15) is 0 Å². The maximum Gasteiger partial charge on any atom is 0.0569 e. The number of pyridine rings is 1. The molecule has 0 aliphatic carbocycles. The van der Waals surface area contributed by atoms with Crippen LogP contribution in [-0.2, 0) is 0 Å². The molecule has 0 saturated carbocycles. The van der Waals surface area contributed by atoms with Crippen LogP contribution in [0.15, 0.2) is 18.3 Å². The lowest BCUT2D eigenvalue weighted by molar-refractivity contribution is 0.777. The quantitative estimate of drug-likeness (QED) is 0.794. The van der Waals surface area contributed by atoms with Gasteiger partial charge in [0, 0.05) is 19.1 Å². The van der Waals surface area contributed by atoms with Crippen LogP contribution in [0.1, 0.15) is 32.5 Å². The van der Waals surface area contributed by atoms with Crippen molar-refractivity contribution in [2.24, 2.45) is 5.73 Å². The van der Waals surface area contributed by atoms with Gasteiger partial charge in [0.15, 0.2) is 0 Å². The molecule has 0 aliphatic heterocycles. The molecule has 1 atom stereocenters. The van der Waals surface area contributed by atoms with Crippen LogP contribution in [0.5, 0.6) is 0 Å². The minimum Gasteiger partial charge on any atom is -0.371 e. The van der Waals surface area contributed by atoms with E-state index in [0.29, 0.717) is 0 Å². The molecule has 3 heteroatoms. The Morgan fingerprint density at radius 1 is 1.36 bits per heavy atom. The second-order valence-corrected chi connectivity index (χ2v) is 3.40. The molecule has 14 heavy (non-hydrogen) atoms. The van der Waals surface area contributed by atoms with Crippen LogP contribution in [-0.4, -0.2) is 18.1 Å². The van der Waals surface area contributed by atoms with Crippen molar-refractivity contribution >= 4 is 5.69 Å². The Kier molecular flexibility index (Phi) is 3.89. The Balaban J connectivity index is 2.81. The Morgan fingerprint density at radius 3 is 2.36 bits per heavy atom. The van der Waals surface area contributed by atoms with Crippen LogP contribution < -0.4 is 10.6 Å². The van der Waals surface area contributed by atoms with Crippen LogP contribution in [0.4, 0.5) is 5.69 Å². The van der Waals surface area contributed by atoms with Gasteiger partial charge in [0.05, 0.1) is 17.6 Å². The third-order valence-corrected chi connectivity index (χ3v) is 2.37. The van der Waals surface area contributed by atoms with Crippen molar-refractivity contribution in [2.75, 3.05) is 18.0 Å². The van der Waals surface area contributed by atoms with E-state index in [2.05, 4.69) is 29.8 Å². The maximum absolute atomic E-state index is 5.73. The largest absolute Gasteiger partial charge is 0.371 e. The van der Waals surface area contributed by atoms with Crippen molar-refractivity contribution in [3.05, 3.63) is 24.0 Å². The number of hydrogen-bond donors (Lipinski definition) is 1. The second-order valence-electron chi connectivity index (χ2n) is 3.40. The molecule has 1 rings (SSSR count). The van der Waals surface area contributed by atoms with Crippen LogP contribution in [0.3, 0.4) is 0 Å². The lowest BCUT2D eigenvalue weighted by atomic mass is 10.2. The van der Waals surface area contributed by atoms with E-state index in [1.54, 1.807) is 0 Å². The SMILES string of the molecule is CCN(CC)c1ccc([C@@H](C)N)nc1. The third-order valence-electron chi connectivity index (χ3n) is 2.37. The topological polar surface area (TPSA) is 42.1 Å². The first kappa shape index (κ1) is 11.0. The zero-order valence-corrected chi connectivity index (χ0v) is 9.20. The maximum atomic E-state index is 5.73. The van der Waals surface area contributed by atoms with Crippen molar-refractivity contribution in [2.45, 2.75) is 26.8 Å². The second kappa shape index (κ2) is 4.96. The molecule has 0 aromatic carbocycles. The number of nitrogens with zero attached hydrogens (tertiary/aromatic N) is 2. The summed E-state index contributed by atoms with van der Waals surface area (Å²) in [6.45, 7) is 8.25. The van der Waals surface area contributed by atoms with E-state index in [4.69, 9.17) is 5.73 Å².